The Labute approximate surface area is 179 Å². The van der Waals surface area contributed by atoms with Crippen LogP contribution in [-0.2, 0) is 17.8 Å². The monoisotopic (exact) mass is 419 g/mol. The molecule has 2 N–H and O–H groups in total. The van der Waals surface area contributed by atoms with E-state index in [0.29, 0.717) is 30.1 Å². The highest BCUT2D eigenvalue weighted by atomic mass is 16.2. The van der Waals surface area contributed by atoms with E-state index in [1.807, 2.05) is 22.8 Å². The van der Waals surface area contributed by atoms with Crippen molar-refractivity contribution in [3.63, 3.8) is 0 Å². The van der Waals surface area contributed by atoms with Crippen LogP contribution in [0, 0.1) is 24.7 Å². The zero-order valence-corrected chi connectivity index (χ0v) is 17.5. The van der Waals surface area contributed by atoms with E-state index in [1.54, 1.807) is 12.1 Å². The number of aromatic nitrogens is 5. The van der Waals surface area contributed by atoms with Gasteiger partial charge in [0.05, 0.1) is 17.9 Å². The smallest absolute Gasteiger partial charge is 0.253 e. The number of aryl methyl sites for hydroxylation is 1. The Morgan fingerprint density at radius 3 is 2.90 bits per heavy atom. The average molecular weight is 419 g/mol. The largest absolute Gasteiger partial charge is 0.344 e. The van der Waals surface area contributed by atoms with Gasteiger partial charge in [0.25, 0.3) is 5.91 Å². The third-order valence-corrected chi connectivity index (χ3v) is 7.31. The Kier molecular flexibility index (Phi) is 4.12. The number of benzene rings is 1. The van der Waals surface area contributed by atoms with Crippen LogP contribution in [0.15, 0.2) is 18.2 Å². The van der Waals surface area contributed by atoms with Gasteiger partial charge in [-0.1, -0.05) is 0 Å². The third kappa shape index (κ3) is 3.02. The SMILES string of the molecule is Cc1nc2c([nH]1)CN(C(=O)[C@@H]1C[C@H]3CCN(C(=O)c4ccc5n[nH]nc5c4)C[C@H]31)CC2. The third-order valence-electron chi connectivity index (χ3n) is 7.31. The Balaban J connectivity index is 1.15. The van der Waals surface area contributed by atoms with E-state index >= 15 is 0 Å². The van der Waals surface area contributed by atoms with Crippen molar-refractivity contribution < 1.29 is 9.59 Å². The molecule has 2 amide bonds. The number of rotatable bonds is 2. The van der Waals surface area contributed by atoms with Crippen LogP contribution in [0.2, 0.25) is 0 Å². The molecule has 9 nitrogen and oxygen atoms in total. The summed E-state index contributed by atoms with van der Waals surface area (Å²) < 4.78 is 0. The zero-order chi connectivity index (χ0) is 21.1. The average Bonchev–Trinajstić information content (AvgIpc) is 3.38. The number of hydrogen-bond donors (Lipinski definition) is 2. The zero-order valence-electron chi connectivity index (χ0n) is 17.5. The van der Waals surface area contributed by atoms with Gasteiger partial charge in [0.1, 0.15) is 16.9 Å². The number of nitrogens with zero attached hydrogens (tertiary/aromatic N) is 5. The summed E-state index contributed by atoms with van der Waals surface area (Å²) in [6.45, 7) is 4.69. The molecule has 2 aliphatic heterocycles. The molecular weight excluding hydrogens is 394 g/mol. The van der Waals surface area contributed by atoms with Gasteiger partial charge in [-0.2, -0.15) is 15.4 Å². The van der Waals surface area contributed by atoms with Gasteiger partial charge in [0.2, 0.25) is 5.91 Å². The lowest BCUT2D eigenvalue weighted by atomic mass is 9.61. The van der Waals surface area contributed by atoms with E-state index < -0.39 is 0 Å². The second-order valence-electron chi connectivity index (χ2n) is 9.09. The molecule has 4 heterocycles. The number of aromatic amines is 2. The van der Waals surface area contributed by atoms with Crippen molar-refractivity contribution in [2.45, 2.75) is 32.7 Å². The number of likely N-dealkylation sites (tertiary alicyclic amines) is 1. The van der Waals surface area contributed by atoms with Crippen LogP contribution in [0.1, 0.15) is 40.4 Å². The summed E-state index contributed by atoms with van der Waals surface area (Å²) in [5.41, 5.74) is 4.22. The summed E-state index contributed by atoms with van der Waals surface area (Å²) in [5, 5.41) is 10.7. The van der Waals surface area contributed by atoms with E-state index in [2.05, 4.69) is 25.4 Å². The fourth-order valence-electron chi connectivity index (χ4n) is 5.57. The van der Waals surface area contributed by atoms with Gasteiger partial charge in [-0.25, -0.2) is 4.98 Å². The molecule has 9 heteroatoms. The highest BCUT2D eigenvalue weighted by Crippen LogP contribution is 2.47. The molecule has 0 radical (unpaired) electrons. The number of hydrogen-bond acceptors (Lipinski definition) is 5. The quantitative estimate of drug-likeness (QED) is 0.656. The van der Waals surface area contributed by atoms with Crippen LogP contribution < -0.4 is 0 Å². The van der Waals surface area contributed by atoms with Gasteiger partial charge in [-0.3, -0.25) is 9.59 Å². The molecule has 1 saturated heterocycles. The molecule has 1 aromatic carbocycles. The normalized spacial score (nSPS) is 25.1. The lowest BCUT2D eigenvalue weighted by Crippen LogP contribution is -2.57. The minimum atomic E-state index is 0.0111. The Morgan fingerprint density at radius 1 is 1.13 bits per heavy atom. The molecule has 3 atom stereocenters. The number of nitrogens with one attached hydrogen (secondary N) is 2. The van der Waals surface area contributed by atoms with Crippen LogP contribution in [0.4, 0.5) is 0 Å². The van der Waals surface area contributed by atoms with Crippen molar-refractivity contribution in [1.82, 2.24) is 35.2 Å². The van der Waals surface area contributed by atoms with Gasteiger partial charge in [0, 0.05) is 37.5 Å². The van der Waals surface area contributed by atoms with Crippen molar-refractivity contribution in [1.29, 1.82) is 0 Å². The van der Waals surface area contributed by atoms with Crippen LogP contribution in [0.3, 0.4) is 0 Å². The van der Waals surface area contributed by atoms with Crippen molar-refractivity contribution in [3.8, 4) is 0 Å². The summed E-state index contributed by atoms with van der Waals surface area (Å²) in [6, 6.07) is 5.41. The Bertz CT molecular complexity index is 1180. The maximum absolute atomic E-state index is 13.3. The minimum Gasteiger partial charge on any atom is -0.344 e. The first-order valence-corrected chi connectivity index (χ1v) is 11.0. The summed E-state index contributed by atoms with van der Waals surface area (Å²) >= 11 is 0. The molecular formula is C22H25N7O2. The molecule has 1 aliphatic carbocycles. The molecule has 1 saturated carbocycles. The number of carbonyl (C=O) groups excluding carboxylic acids is 2. The predicted octanol–water partition coefficient (Wildman–Crippen LogP) is 1.67. The first kappa shape index (κ1) is 18.5. The van der Waals surface area contributed by atoms with Gasteiger partial charge < -0.3 is 14.8 Å². The van der Waals surface area contributed by atoms with E-state index in [1.165, 1.54) is 0 Å². The molecule has 6 rings (SSSR count). The molecule has 0 bridgehead atoms. The second kappa shape index (κ2) is 6.90. The van der Waals surface area contributed by atoms with Gasteiger partial charge in [-0.05, 0) is 49.8 Å². The second-order valence-corrected chi connectivity index (χ2v) is 9.09. The fraction of sp³-hybridized carbons (Fsp3) is 0.500. The van der Waals surface area contributed by atoms with E-state index in [-0.39, 0.29) is 23.7 Å². The topological polar surface area (TPSA) is 111 Å². The molecule has 2 fully saturated rings. The summed E-state index contributed by atoms with van der Waals surface area (Å²) in [4.78, 5) is 38.1. The van der Waals surface area contributed by atoms with Crippen molar-refractivity contribution >= 4 is 22.8 Å². The molecule has 31 heavy (non-hydrogen) atoms. The number of piperidine rings is 1. The van der Waals surface area contributed by atoms with Crippen LogP contribution >= 0.6 is 0 Å². The molecule has 2 aromatic heterocycles. The van der Waals surface area contributed by atoms with E-state index in [9.17, 15) is 9.59 Å². The first-order chi connectivity index (χ1) is 15.1. The van der Waals surface area contributed by atoms with Crippen LogP contribution in [0.25, 0.3) is 11.0 Å². The number of carbonyl (C=O) groups is 2. The summed E-state index contributed by atoms with van der Waals surface area (Å²) in [7, 11) is 0. The van der Waals surface area contributed by atoms with Crippen molar-refractivity contribution in [2.24, 2.45) is 17.8 Å². The number of amides is 2. The van der Waals surface area contributed by atoms with Gasteiger partial charge in [-0.15, -0.1) is 0 Å². The maximum Gasteiger partial charge on any atom is 0.253 e. The van der Waals surface area contributed by atoms with Crippen molar-refractivity contribution in [3.05, 3.63) is 41.0 Å². The highest BCUT2D eigenvalue weighted by Gasteiger charge is 2.49. The number of H-pyrrole nitrogens is 2. The summed E-state index contributed by atoms with van der Waals surface area (Å²) in [6.07, 6.45) is 2.72. The fourth-order valence-corrected chi connectivity index (χ4v) is 5.57. The van der Waals surface area contributed by atoms with E-state index in [4.69, 9.17) is 0 Å². The first-order valence-electron chi connectivity index (χ1n) is 11.0. The van der Waals surface area contributed by atoms with Gasteiger partial charge in [0.15, 0.2) is 0 Å². The highest BCUT2D eigenvalue weighted by molar-refractivity contribution is 5.97. The number of imidazole rings is 1. The van der Waals surface area contributed by atoms with E-state index in [0.717, 1.165) is 55.1 Å². The lowest BCUT2D eigenvalue weighted by molar-refractivity contribution is -0.148. The van der Waals surface area contributed by atoms with Crippen molar-refractivity contribution in [2.75, 3.05) is 19.6 Å². The minimum absolute atomic E-state index is 0.0111. The molecule has 3 aromatic rings. The molecule has 160 valence electrons. The van der Waals surface area contributed by atoms with Crippen LogP contribution in [-0.4, -0.2) is 66.6 Å². The summed E-state index contributed by atoms with van der Waals surface area (Å²) in [5.74, 6) is 1.98. The lowest BCUT2D eigenvalue weighted by Gasteiger charge is -2.51. The van der Waals surface area contributed by atoms with Gasteiger partial charge >= 0.3 is 0 Å². The predicted molar refractivity (Wildman–Crippen MR) is 112 cm³/mol. The standard InChI is InChI=1S/C22H25N7O2/c1-12-23-17-5-7-29(11-20(17)24-12)22(31)15-8-13-4-6-28(10-16(13)15)21(30)14-2-3-18-19(9-14)26-27-25-18/h2-3,9,13,15-16H,4-8,10-11H2,1H3,(H,23,24)(H,25,26,27)/t13-,15-,16-/m1/s1. The Hall–Kier alpha value is -3.23. The molecule has 0 spiro atoms. The molecule has 0 unspecified atom stereocenters. The van der Waals surface area contributed by atoms with Crippen LogP contribution in [0.5, 0.6) is 0 Å². The molecule has 3 aliphatic rings. The number of fused-ring (bicyclic) bond motifs is 3. The Morgan fingerprint density at radius 2 is 2.00 bits per heavy atom. The maximum atomic E-state index is 13.3.